The van der Waals surface area contributed by atoms with Crippen LogP contribution in [0.2, 0.25) is 0 Å². The van der Waals surface area contributed by atoms with Crippen LogP contribution < -0.4 is 10.6 Å². The molecule has 26 heavy (non-hydrogen) atoms. The summed E-state index contributed by atoms with van der Waals surface area (Å²) in [4.78, 5) is 6.90. The fourth-order valence-corrected chi connectivity index (χ4v) is 3.27. The molecule has 2 rings (SSSR count). The number of nitrogens with zero attached hydrogens (tertiary/aromatic N) is 2. The molecule has 0 unspecified atom stereocenters. The van der Waals surface area contributed by atoms with Crippen LogP contribution in [0.4, 0.5) is 0 Å². The zero-order chi connectivity index (χ0) is 18.6. The van der Waals surface area contributed by atoms with E-state index in [1.54, 1.807) is 0 Å². The Morgan fingerprint density at radius 2 is 1.92 bits per heavy atom. The predicted molar refractivity (Wildman–Crippen MR) is 109 cm³/mol. The number of likely N-dealkylation sites (tertiary alicyclic amines) is 1. The highest BCUT2D eigenvalue weighted by Gasteiger charge is 2.16. The van der Waals surface area contributed by atoms with Gasteiger partial charge in [0.1, 0.15) is 0 Å². The van der Waals surface area contributed by atoms with Gasteiger partial charge in [-0.05, 0) is 56.3 Å². The number of hydrogen-bond donors (Lipinski definition) is 2. The molecule has 0 aliphatic carbocycles. The summed E-state index contributed by atoms with van der Waals surface area (Å²) in [7, 11) is 1.82. The molecule has 0 spiro atoms. The van der Waals surface area contributed by atoms with Crippen molar-refractivity contribution >= 4 is 5.96 Å². The molecule has 1 aromatic carbocycles. The number of ether oxygens (including phenoxy) is 1. The second-order valence-corrected chi connectivity index (χ2v) is 7.13. The van der Waals surface area contributed by atoms with Crippen LogP contribution in [-0.4, -0.2) is 50.8 Å². The Morgan fingerprint density at radius 1 is 1.19 bits per heavy atom. The van der Waals surface area contributed by atoms with Crippen molar-refractivity contribution in [3.05, 3.63) is 35.4 Å². The van der Waals surface area contributed by atoms with Gasteiger partial charge in [-0.2, -0.15) is 0 Å². The first-order valence-corrected chi connectivity index (χ1v) is 10.0. The Kier molecular flexibility index (Phi) is 9.50. The van der Waals surface area contributed by atoms with Crippen LogP contribution in [0.1, 0.15) is 44.2 Å². The Labute approximate surface area is 159 Å². The van der Waals surface area contributed by atoms with E-state index in [0.29, 0.717) is 0 Å². The lowest BCUT2D eigenvalue weighted by Gasteiger charge is -2.30. The minimum absolute atomic E-state index is 0.777. The van der Waals surface area contributed by atoms with E-state index in [1.807, 2.05) is 14.0 Å². The number of hydrogen-bond acceptors (Lipinski definition) is 3. The lowest BCUT2D eigenvalue weighted by molar-refractivity contribution is 0.145. The molecule has 0 amide bonds. The van der Waals surface area contributed by atoms with Crippen molar-refractivity contribution in [1.82, 2.24) is 15.5 Å². The number of aliphatic imine (C=N–C) groups is 1. The molecule has 0 radical (unpaired) electrons. The average Bonchev–Trinajstić information content (AvgIpc) is 2.67. The smallest absolute Gasteiger partial charge is 0.191 e. The molecule has 5 heteroatoms. The third-order valence-corrected chi connectivity index (χ3v) is 5.02. The molecule has 0 aromatic heterocycles. The predicted octanol–water partition coefficient (Wildman–Crippen LogP) is 3.01. The lowest BCUT2D eigenvalue weighted by Crippen LogP contribution is -2.38. The molecule has 1 aromatic rings. The number of nitrogens with one attached hydrogen (secondary N) is 2. The minimum Gasteiger partial charge on any atom is -0.382 e. The van der Waals surface area contributed by atoms with Gasteiger partial charge in [-0.1, -0.05) is 31.2 Å². The van der Waals surface area contributed by atoms with E-state index in [-0.39, 0.29) is 0 Å². The molecule has 0 atom stereocenters. The lowest BCUT2D eigenvalue weighted by atomic mass is 9.98. The van der Waals surface area contributed by atoms with Gasteiger partial charge in [0, 0.05) is 39.9 Å². The molecular weight excluding hydrogens is 324 g/mol. The highest BCUT2D eigenvalue weighted by molar-refractivity contribution is 5.79. The Morgan fingerprint density at radius 3 is 2.62 bits per heavy atom. The highest BCUT2D eigenvalue weighted by Crippen LogP contribution is 2.19. The topological polar surface area (TPSA) is 48.9 Å². The maximum Gasteiger partial charge on any atom is 0.191 e. The summed E-state index contributed by atoms with van der Waals surface area (Å²) < 4.78 is 5.37. The Bertz CT molecular complexity index is 539. The van der Waals surface area contributed by atoms with E-state index < -0.39 is 0 Å². The van der Waals surface area contributed by atoms with Crippen LogP contribution in [-0.2, 0) is 17.8 Å². The number of guanidine groups is 1. The summed E-state index contributed by atoms with van der Waals surface area (Å²) in [6.45, 7) is 11.1. The van der Waals surface area contributed by atoms with Crippen LogP contribution in [0.25, 0.3) is 0 Å². The van der Waals surface area contributed by atoms with Crippen molar-refractivity contribution in [2.24, 2.45) is 10.9 Å². The quantitative estimate of drug-likeness (QED) is 0.404. The van der Waals surface area contributed by atoms with Gasteiger partial charge in [-0.25, -0.2) is 0 Å². The van der Waals surface area contributed by atoms with Crippen molar-refractivity contribution in [1.29, 1.82) is 0 Å². The fourth-order valence-electron chi connectivity index (χ4n) is 3.27. The molecule has 1 heterocycles. The molecule has 1 saturated heterocycles. The van der Waals surface area contributed by atoms with Crippen molar-refractivity contribution in [3.8, 4) is 0 Å². The van der Waals surface area contributed by atoms with Gasteiger partial charge in [0.25, 0.3) is 0 Å². The first kappa shape index (κ1) is 20.7. The van der Waals surface area contributed by atoms with Crippen molar-refractivity contribution in [2.45, 2.75) is 46.2 Å². The van der Waals surface area contributed by atoms with E-state index in [9.17, 15) is 0 Å². The minimum atomic E-state index is 0.777. The number of piperidine rings is 1. The van der Waals surface area contributed by atoms with Crippen LogP contribution in [0.3, 0.4) is 0 Å². The summed E-state index contributed by atoms with van der Waals surface area (Å²) in [5, 5.41) is 6.79. The summed E-state index contributed by atoms with van der Waals surface area (Å²) in [5.74, 6) is 1.73. The summed E-state index contributed by atoms with van der Waals surface area (Å²) in [5.41, 5.74) is 2.77. The van der Waals surface area contributed by atoms with Gasteiger partial charge >= 0.3 is 0 Å². The van der Waals surface area contributed by atoms with E-state index in [1.165, 1.54) is 37.1 Å². The van der Waals surface area contributed by atoms with Crippen molar-refractivity contribution in [3.63, 3.8) is 0 Å². The third kappa shape index (κ3) is 7.34. The fraction of sp³-hybridized carbons (Fsp3) is 0.667. The molecule has 1 aliphatic rings. The summed E-state index contributed by atoms with van der Waals surface area (Å²) in [6, 6.07) is 8.74. The van der Waals surface area contributed by atoms with Gasteiger partial charge < -0.3 is 15.4 Å². The first-order valence-electron chi connectivity index (χ1n) is 10.0. The van der Waals surface area contributed by atoms with Crippen LogP contribution in [0.15, 0.2) is 29.3 Å². The monoisotopic (exact) mass is 360 g/mol. The third-order valence-electron chi connectivity index (χ3n) is 5.02. The number of rotatable bonds is 9. The standard InChI is InChI=1S/C21H36N4O/c1-4-26-15-7-12-23-21(22-3)24-16-19-8-5-6-9-20(19)17-25-13-10-18(2)11-14-25/h5-6,8-9,18H,4,7,10-17H2,1-3H3,(H2,22,23,24). The second kappa shape index (κ2) is 11.9. The van der Waals surface area contributed by atoms with Gasteiger partial charge in [0.05, 0.1) is 0 Å². The average molecular weight is 361 g/mol. The SMILES string of the molecule is CCOCCCNC(=NC)NCc1ccccc1CN1CCC(C)CC1. The number of benzene rings is 1. The maximum absolute atomic E-state index is 5.37. The molecule has 0 saturated carbocycles. The van der Waals surface area contributed by atoms with Gasteiger partial charge in [-0.3, -0.25) is 9.89 Å². The molecule has 5 nitrogen and oxygen atoms in total. The molecule has 0 bridgehead atoms. The largest absolute Gasteiger partial charge is 0.382 e. The molecule has 1 aliphatic heterocycles. The Balaban J connectivity index is 1.81. The van der Waals surface area contributed by atoms with Crippen molar-refractivity contribution < 1.29 is 4.74 Å². The zero-order valence-electron chi connectivity index (χ0n) is 16.8. The Hall–Kier alpha value is -1.59. The van der Waals surface area contributed by atoms with Crippen LogP contribution >= 0.6 is 0 Å². The van der Waals surface area contributed by atoms with Crippen LogP contribution in [0.5, 0.6) is 0 Å². The van der Waals surface area contributed by atoms with E-state index in [0.717, 1.165) is 51.1 Å². The van der Waals surface area contributed by atoms with E-state index in [2.05, 4.69) is 51.7 Å². The van der Waals surface area contributed by atoms with E-state index in [4.69, 9.17) is 4.74 Å². The van der Waals surface area contributed by atoms with Crippen LogP contribution in [0, 0.1) is 5.92 Å². The molecule has 1 fully saturated rings. The summed E-state index contributed by atoms with van der Waals surface area (Å²) >= 11 is 0. The molecular formula is C21H36N4O. The van der Waals surface area contributed by atoms with Gasteiger partial charge in [0.2, 0.25) is 0 Å². The van der Waals surface area contributed by atoms with Crippen molar-refractivity contribution in [2.75, 3.05) is 39.9 Å². The zero-order valence-corrected chi connectivity index (χ0v) is 16.8. The van der Waals surface area contributed by atoms with E-state index >= 15 is 0 Å². The molecule has 146 valence electrons. The maximum atomic E-state index is 5.37. The highest BCUT2D eigenvalue weighted by atomic mass is 16.5. The molecule has 2 N–H and O–H groups in total. The first-order chi connectivity index (χ1) is 12.7. The summed E-state index contributed by atoms with van der Waals surface area (Å²) in [6.07, 6.45) is 3.62. The normalized spacial score (nSPS) is 16.7. The second-order valence-electron chi connectivity index (χ2n) is 7.13. The van der Waals surface area contributed by atoms with Gasteiger partial charge in [0.15, 0.2) is 5.96 Å². The van der Waals surface area contributed by atoms with Gasteiger partial charge in [-0.15, -0.1) is 0 Å².